The number of pyridine rings is 1. The van der Waals surface area contributed by atoms with Gasteiger partial charge in [0.05, 0.1) is 37.6 Å². The lowest BCUT2D eigenvalue weighted by molar-refractivity contribution is -0.0348. The molecule has 0 fully saturated rings. The highest BCUT2D eigenvalue weighted by atomic mass is 16.6. The molecule has 9 heteroatoms. The van der Waals surface area contributed by atoms with Crippen LogP contribution in [0.25, 0.3) is 0 Å². The van der Waals surface area contributed by atoms with Crippen LogP contribution in [0.1, 0.15) is 42.9 Å². The molecule has 0 aromatic carbocycles. The lowest BCUT2D eigenvalue weighted by Gasteiger charge is -2.39. The van der Waals surface area contributed by atoms with E-state index in [-0.39, 0.29) is 37.6 Å². The number of esters is 1. The molecular weight excluding hydrogens is 354 g/mol. The van der Waals surface area contributed by atoms with Gasteiger partial charge in [0.25, 0.3) is 0 Å². The van der Waals surface area contributed by atoms with Crippen LogP contribution < -0.4 is 0 Å². The smallest absolute Gasteiger partial charge is 0.429 e. The predicted molar refractivity (Wildman–Crippen MR) is 94.7 cm³/mol. The van der Waals surface area contributed by atoms with E-state index in [0.717, 1.165) is 10.0 Å². The molecule has 2 rings (SSSR count). The monoisotopic (exact) mass is 377 g/mol. The van der Waals surface area contributed by atoms with Gasteiger partial charge >= 0.3 is 18.2 Å². The maximum Gasteiger partial charge on any atom is 0.429 e. The predicted octanol–water partition coefficient (Wildman–Crippen LogP) is 2.70. The summed E-state index contributed by atoms with van der Waals surface area (Å²) in [4.78, 5) is 41.5. The molecule has 146 valence electrons. The number of carbonyl (C=O) groups excluding carboxylic acids is 3. The van der Waals surface area contributed by atoms with Gasteiger partial charge in [0, 0.05) is 6.20 Å². The van der Waals surface area contributed by atoms with Gasteiger partial charge in [-0.05, 0) is 32.9 Å². The summed E-state index contributed by atoms with van der Waals surface area (Å²) in [6, 6.07) is 2.32. The summed E-state index contributed by atoms with van der Waals surface area (Å²) in [6.07, 6.45) is 3.42. The van der Waals surface area contributed by atoms with E-state index in [1.54, 1.807) is 45.1 Å². The highest BCUT2D eigenvalue weighted by molar-refractivity contribution is 5.91. The van der Waals surface area contributed by atoms with Gasteiger partial charge in [0.1, 0.15) is 6.04 Å². The maximum absolute atomic E-state index is 12.6. The first-order valence-electron chi connectivity index (χ1n) is 8.73. The Morgan fingerprint density at radius 2 is 1.74 bits per heavy atom. The van der Waals surface area contributed by atoms with Gasteiger partial charge in [0.15, 0.2) is 0 Å². The summed E-state index contributed by atoms with van der Waals surface area (Å²) in [5.41, 5.74) is 0.475. The number of ether oxygens (including phenoxy) is 3. The van der Waals surface area contributed by atoms with E-state index < -0.39 is 24.2 Å². The number of hydrogen-bond acceptors (Lipinski definition) is 7. The van der Waals surface area contributed by atoms with Gasteiger partial charge in [-0.3, -0.25) is 4.98 Å². The molecule has 0 N–H and O–H groups in total. The molecule has 0 aliphatic carbocycles. The summed E-state index contributed by atoms with van der Waals surface area (Å²) in [5.74, 6) is -0.564. The van der Waals surface area contributed by atoms with Crippen LogP contribution in [0, 0.1) is 0 Å². The summed E-state index contributed by atoms with van der Waals surface area (Å²) in [6.45, 7) is 5.61. The van der Waals surface area contributed by atoms with Crippen LogP contribution in [0.3, 0.4) is 0 Å². The second kappa shape index (κ2) is 9.56. The van der Waals surface area contributed by atoms with Crippen LogP contribution in [0.2, 0.25) is 0 Å². The lowest BCUT2D eigenvalue weighted by Crippen LogP contribution is -2.53. The summed E-state index contributed by atoms with van der Waals surface area (Å²) >= 11 is 0. The molecule has 2 heterocycles. The fourth-order valence-corrected chi connectivity index (χ4v) is 2.61. The SMILES string of the molecule is CCOC(=O)c1cccnc1C1C=CCN(C(=O)OCC)N1C(=O)OCC. The maximum atomic E-state index is 12.6. The van der Waals surface area contributed by atoms with Crippen molar-refractivity contribution in [1.29, 1.82) is 0 Å². The van der Waals surface area contributed by atoms with Crippen LogP contribution in [-0.4, -0.2) is 59.5 Å². The number of amides is 2. The van der Waals surface area contributed by atoms with Gasteiger partial charge in [-0.2, -0.15) is 0 Å². The molecule has 2 amide bonds. The molecule has 0 spiro atoms. The molecule has 1 atom stereocenters. The molecular formula is C18H23N3O6. The van der Waals surface area contributed by atoms with E-state index in [1.807, 2.05) is 0 Å². The minimum atomic E-state index is -0.831. The average Bonchev–Trinajstić information content (AvgIpc) is 2.68. The van der Waals surface area contributed by atoms with Crippen molar-refractivity contribution in [2.75, 3.05) is 26.4 Å². The summed E-state index contributed by atoms with van der Waals surface area (Å²) in [7, 11) is 0. The first-order chi connectivity index (χ1) is 13.0. The molecule has 0 saturated carbocycles. The zero-order chi connectivity index (χ0) is 19.8. The van der Waals surface area contributed by atoms with Gasteiger partial charge in [-0.25, -0.2) is 24.4 Å². The summed E-state index contributed by atoms with van der Waals surface area (Å²) < 4.78 is 15.2. The van der Waals surface area contributed by atoms with Crippen molar-refractivity contribution >= 4 is 18.2 Å². The summed E-state index contributed by atoms with van der Waals surface area (Å²) in [5, 5.41) is 2.22. The molecule has 27 heavy (non-hydrogen) atoms. The number of hydrogen-bond donors (Lipinski definition) is 0. The molecule has 1 aromatic rings. The quantitative estimate of drug-likeness (QED) is 0.442. The number of rotatable bonds is 5. The van der Waals surface area contributed by atoms with E-state index in [9.17, 15) is 14.4 Å². The third-order valence-corrected chi connectivity index (χ3v) is 3.67. The van der Waals surface area contributed by atoms with E-state index in [4.69, 9.17) is 14.2 Å². The Bertz CT molecular complexity index is 721. The van der Waals surface area contributed by atoms with Gasteiger partial charge in [-0.1, -0.05) is 12.2 Å². The van der Waals surface area contributed by atoms with Crippen LogP contribution in [0.4, 0.5) is 9.59 Å². The standard InChI is InChI=1S/C18H23N3O6/c1-4-25-16(22)13-9-7-11-19-15(13)14-10-8-12-20(17(23)26-5-2)21(14)18(24)27-6-3/h7-11,14H,4-6,12H2,1-3H3. The van der Waals surface area contributed by atoms with E-state index in [2.05, 4.69) is 4.98 Å². The molecule has 9 nitrogen and oxygen atoms in total. The van der Waals surface area contributed by atoms with Crippen LogP contribution in [-0.2, 0) is 14.2 Å². The zero-order valence-electron chi connectivity index (χ0n) is 15.6. The molecule has 0 bridgehead atoms. The number of hydrazine groups is 1. The second-order valence-corrected chi connectivity index (χ2v) is 5.35. The molecule has 1 aliphatic heterocycles. The molecule has 0 radical (unpaired) electrons. The fraction of sp³-hybridized carbons (Fsp3) is 0.444. The Kier molecular flexibility index (Phi) is 7.16. The Labute approximate surface area is 157 Å². The zero-order valence-corrected chi connectivity index (χ0v) is 15.6. The Morgan fingerprint density at radius 3 is 2.41 bits per heavy atom. The first-order valence-corrected chi connectivity index (χ1v) is 8.73. The third-order valence-electron chi connectivity index (χ3n) is 3.67. The van der Waals surface area contributed by atoms with E-state index >= 15 is 0 Å². The average molecular weight is 377 g/mol. The second-order valence-electron chi connectivity index (χ2n) is 5.35. The molecule has 1 unspecified atom stereocenters. The highest BCUT2D eigenvalue weighted by Gasteiger charge is 2.38. The third kappa shape index (κ3) is 4.55. The number of carbonyl (C=O) groups is 3. The van der Waals surface area contributed by atoms with Crippen LogP contribution in [0.15, 0.2) is 30.5 Å². The van der Waals surface area contributed by atoms with E-state index in [1.165, 1.54) is 6.20 Å². The largest absolute Gasteiger partial charge is 0.462 e. The van der Waals surface area contributed by atoms with Crippen molar-refractivity contribution in [3.8, 4) is 0 Å². The Hall–Kier alpha value is -3.10. The minimum Gasteiger partial charge on any atom is -0.462 e. The normalized spacial score (nSPS) is 16.0. The van der Waals surface area contributed by atoms with Crippen molar-refractivity contribution < 1.29 is 28.6 Å². The molecule has 0 saturated heterocycles. The topological polar surface area (TPSA) is 98.3 Å². The van der Waals surface area contributed by atoms with Crippen molar-refractivity contribution in [1.82, 2.24) is 15.0 Å². The number of aromatic nitrogens is 1. The van der Waals surface area contributed by atoms with E-state index in [0.29, 0.717) is 0 Å². The van der Waals surface area contributed by atoms with Gasteiger partial charge < -0.3 is 14.2 Å². The molecule has 1 aromatic heterocycles. The minimum absolute atomic E-state index is 0.120. The van der Waals surface area contributed by atoms with Crippen molar-refractivity contribution in [3.05, 3.63) is 41.7 Å². The van der Waals surface area contributed by atoms with Gasteiger partial charge in [-0.15, -0.1) is 0 Å². The number of nitrogens with zero attached hydrogens (tertiary/aromatic N) is 3. The van der Waals surface area contributed by atoms with Crippen molar-refractivity contribution in [2.45, 2.75) is 26.8 Å². The highest BCUT2D eigenvalue weighted by Crippen LogP contribution is 2.30. The van der Waals surface area contributed by atoms with Crippen LogP contribution in [0.5, 0.6) is 0 Å². The Balaban J connectivity index is 2.48. The Morgan fingerprint density at radius 1 is 1.07 bits per heavy atom. The first kappa shape index (κ1) is 20.2. The van der Waals surface area contributed by atoms with Gasteiger partial charge in [0.2, 0.25) is 0 Å². The van der Waals surface area contributed by atoms with Crippen molar-refractivity contribution in [3.63, 3.8) is 0 Å². The fourth-order valence-electron chi connectivity index (χ4n) is 2.61. The van der Waals surface area contributed by atoms with Crippen molar-refractivity contribution in [2.24, 2.45) is 0 Å². The molecule has 1 aliphatic rings. The van der Waals surface area contributed by atoms with Crippen LogP contribution >= 0.6 is 0 Å². The lowest BCUT2D eigenvalue weighted by atomic mass is 10.0.